The van der Waals surface area contributed by atoms with Gasteiger partial charge in [-0.25, -0.2) is 0 Å². The first-order valence-corrected chi connectivity index (χ1v) is 11.6. The minimum Gasteiger partial charge on any atom is -0.496 e. The van der Waals surface area contributed by atoms with E-state index < -0.39 is 0 Å². The Balaban J connectivity index is 1.59. The van der Waals surface area contributed by atoms with Gasteiger partial charge in [0.1, 0.15) is 5.75 Å². The van der Waals surface area contributed by atoms with E-state index in [-0.39, 0.29) is 23.8 Å². The lowest BCUT2D eigenvalue weighted by atomic mass is 9.78. The lowest BCUT2D eigenvalue weighted by molar-refractivity contribution is -0.120. The second-order valence-corrected chi connectivity index (χ2v) is 8.17. The number of benzene rings is 2. The van der Waals surface area contributed by atoms with Gasteiger partial charge in [-0.1, -0.05) is 31.0 Å². The van der Waals surface area contributed by atoms with Gasteiger partial charge in [0.2, 0.25) is 5.91 Å². The maximum Gasteiger partial charge on any atom is 0.251 e. The number of hydrogen-bond acceptors (Lipinski definition) is 5. The van der Waals surface area contributed by atoms with Crippen LogP contribution in [-0.4, -0.2) is 45.2 Å². The highest BCUT2D eigenvalue weighted by Gasteiger charge is 2.38. The largest absolute Gasteiger partial charge is 0.496 e. The molecule has 2 aromatic rings. The van der Waals surface area contributed by atoms with Gasteiger partial charge in [0.05, 0.1) is 26.9 Å². The number of para-hydroxylation sites is 1. The van der Waals surface area contributed by atoms with Crippen LogP contribution in [0.4, 0.5) is 0 Å². The molecule has 0 atom stereocenters. The van der Waals surface area contributed by atoms with E-state index in [0.29, 0.717) is 36.8 Å². The number of hydrogen-bond donors (Lipinski definition) is 2. The normalized spacial score (nSPS) is 14.4. The topological polar surface area (TPSA) is 85.9 Å². The van der Waals surface area contributed by atoms with E-state index in [1.54, 1.807) is 25.3 Å². The first-order chi connectivity index (χ1) is 16.0. The fourth-order valence-electron chi connectivity index (χ4n) is 4.46. The lowest BCUT2D eigenvalue weighted by Gasteiger charge is -2.31. The summed E-state index contributed by atoms with van der Waals surface area (Å²) >= 11 is 0. The Morgan fingerprint density at radius 2 is 1.61 bits per heavy atom. The molecule has 1 aliphatic carbocycles. The van der Waals surface area contributed by atoms with Crippen LogP contribution in [0.25, 0.3) is 0 Å². The van der Waals surface area contributed by atoms with E-state index in [2.05, 4.69) is 16.7 Å². The molecule has 0 saturated heterocycles. The predicted molar refractivity (Wildman–Crippen MR) is 127 cm³/mol. The second kappa shape index (κ2) is 11.6. The molecule has 0 aromatic heterocycles. The van der Waals surface area contributed by atoms with Crippen LogP contribution < -0.4 is 24.8 Å². The molecule has 0 aliphatic heterocycles. The molecule has 33 heavy (non-hydrogen) atoms. The fraction of sp³-hybridized carbons (Fsp3) is 0.462. The first-order valence-electron chi connectivity index (χ1n) is 11.6. The highest BCUT2D eigenvalue weighted by molar-refractivity contribution is 5.97. The Hall–Kier alpha value is -3.22. The molecule has 0 radical (unpaired) electrons. The minimum atomic E-state index is -0.338. The molecule has 1 saturated carbocycles. The summed E-state index contributed by atoms with van der Waals surface area (Å²) in [6.07, 6.45) is 4.22. The van der Waals surface area contributed by atoms with Crippen LogP contribution >= 0.6 is 0 Å². The van der Waals surface area contributed by atoms with Gasteiger partial charge in [0.15, 0.2) is 11.5 Å². The molecule has 1 aliphatic rings. The predicted octanol–water partition coefficient (Wildman–Crippen LogP) is 3.85. The van der Waals surface area contributed by atoms with Gasteiger partial charge in [0, 0.05) is 23.1 Å². The Morgan fingerprint density at radius 1 is 0.909 bits per heavy atom. The van der Waals surface area contributed by atoms with Gasteiger partial charge in [0.25, 0.3) is 5.91 Å². The van der Waals surface area contributed by atoms with Crippen molar-refractivity contribution in [1.29, 1.82) is 0 Å². The lowest BCUT2D eigenvalue weighted by Crippen LogP contribution is -2.43. The molecule has 0 spiro atoms. The quantitative estimate of drug-likeness (QED) is 0.539. The van der Waals surface area contributed by atoms with E-state index in [9.17, 15) is 9.59 Å². The van der Waals surface area contributed by atoms with E-state index >= 15 is 0 Å². The van der Waals surface area contributed by atoms with Crippen LogP contribution in [0.5, 0.6) is 17.2 Å². The van der Waals surface area contributed by atoms with Crippen molar-refractivity contribution in [3.8, 4) is 17.2 Å². The zero-order valence-electron chi connectivity index (χ0n) is 19.7. The Kier molecular flexibility index (Phi) is 8.58. The number of amides is 2. The van der Waals surface area contributed by atoms with Crippen molar-refractivity contribution in [2.45, 2.75) is 44.9 Å². The van der Waals surface area contributed by atoms with Crippen molar-refractivity contribution in [2.75, 3.05) is 33.4 Å². The highest BCUT2D eigenvalue weighted by atomic mass is 16.5. The summed E-state index contributed by atoms with van der Waals surface area (Å²) < 4.78 is 16.7. The molecule has 0 bridgehead atoms. The minimum absolute atomic E-state index is 0.0992. The van der Waals surface area contributed by atoms with Crippen molar-refractivity contribution in [3.63, 3.8) is 0 Å². The Labute approximate surface area is 195 Å². The third-order valence-electron chi connectivity index (χ3n) is 6.08. The molecule has 3 rings (SSSR count). The van der Waals surface area contributed by atoms with Gasteiger partial charge in [-0.2, -0.15) is 0 Å². The molecule has 2 N–H and O–H groups in total. The summed E-state index contributed by atoms with van der Waals surface area (Å²) in [7, 11) is 1.67. The summed E-state index contributed by atoms with van der Waals surface area (Å²) in [5.41, 5.74) is 1.40. The number of carbonyl (C=O) groups excluding carboxylic acids is 2. The third kappa shape index (κ3) is 5.97. The third-order valence-corrected chi connectivity index (χ3v) is 6.08. The maximum absolute atomic E-state index is 12.6. The zero-order valence-corrected chi connectivity index (χ0v) is 19.7. The number of ether oxygens (including phenoxy) is 3. The molecule has 2 aromatic carbocycles. The smallest absolute Gasteiger partial charge is 0.251 e. The van der Waals surface area contributed by atoms with Crippen LogP contribution in [0, 0.1) is 0 Å². The number of carbonyl (C=O) groups is 2. The molecular weight excluding hydrogens is 420 g/mol. The molecule has 178 valence electrons. The average Bonchev–Trinajstić information content (AvgIpc) is 3.32. The van der Waals surface area contributed by atoms with Gasteiger partial charge >= 0.3 is 0 Å². The van der Waals surface area contributed by atoms with E-state index in [4.69, 9.17) is 14.2 Å². The van der Waals surface area contributed by atoms with Crippen molar-refractivity contribution in [3.05, 3.63) is 53.6 Å². The number of nitrogens with one attached hydrogen (secondary N) is 2. The van der Waals surface area contributed by atoms with E-state index in [1.807, 2.05) is 32.0 Å². The standard InChI is InChI=1S/C26H34N2O5/c1-4-32-22-13-12-19(16-23(22)33-5-2)25(30)27-17-24(29)28-18-26(14-8-9-15-26)20-10-6-7-11-21(20)31-3/h6-7,10-13,16H,4-5,8-9,14-15,17-18H2,1-3H3,(H,27,30)(H,28,29). The Morgan fingerprint density at radius 3 is 2.30 bits per heavy atom. The van der Waals surface area contributed by atoms with Crippen molar-refractivity contribution in [2.24, 2.45) is 0 Å². The van der Waals surface area contributed by atoms with Gasteiger partial charge < -0.3 is 24.8 Å². The van der Waals surface area contributed by atoms with Crippen LogP contribution in [0.1, 0.15) is 55.5 Å². The summed E-state index contributed by atoms with van der Waals surface area (Å²) in [5.74, 6) is 1.39. The fourth-order valence-corrected chi connectivity index (χ4v) is 4.46. The van der Waals surface area contributed by atoms with Gasteiger partial charge in [-0.05, 0) is 51.0 Å². The van der Waals surface area contributed by atoms with Crippen LogP contribution in [0.2, 0.25) is 0 Å². The summed E-state index contributed by atoms with van der Waals surface area (Å²) in [6, 6.07) is 13.0. The summed E-state index contributed by atoms with van der Waals surface area (Å²) in [6.45, 7) is 5.13. The Bertz CT molecular complexity index is 953. The highest BCUT2D eigenvalue weighted by Crippen LogP contribution is 2.44. The first kappa shape index (κ1) is 24.4. The second-order valence-electron chi connectivity index (χ2n) is 8.17. The van der Waals surface area contributed by atoms with Gasteiger partial charge in [-0.3, -0.25) is 9.59 Å². The summed E-state index contributed by atoms with van der Waals surface area (Å²) in [5, 5.41) is 5.72. The molecule has 7 nitrogen and oxygen atoms in total. The molecule has 7 heteroatoms. The number of methoxy groups -OCH3 is 1. The molecule has 1 fully saturated rings. The molecular formula is C26H34N2O5. The summed E-state index contributed by atoms with van der Waals surface area (Å²) in [4.78, 5) is 25.2. The van der Waals surface area contributed by atoms with Crippen molar-refractivity contribution < 1.29 is 23.8 Å². The average molecular weight is 455 g/mol. The monoisotopic (exact) mass is 454 g/mol. The van der Waals surface area contributed by atoms with Crippen LogP contribution in [-0.2, 0) is 10.2 Å². The molecule has 2 amide bonds. The van der Waals surface area contributed by atoms with Crippen molar-refractivity contribution in [1.82, 2.24) is 10.6 Å². The van der Waals surface area contributed by atoms with Crippen molar-refractivity contribution >= 4 is 11.8 Å². The van der Waals surface area contributed by atoms with E-state index in [0.717, 1.165) is 37.0 Å². The van der Waals surface area contributed by atoms with Gasteiger partial charge in [-0.15, -0.1) is 0 Å². The number of rotatable bonds is 11. The molecule has 0 unspecified atom stereocenters. The van der Waals surface area contributed by atoms with Crippen LogP contribution in [0.15, 0.2) is 42.5 Å². The maximum atomic E-state index is 12.6. The van der Waals surface area contributed by atoms with E-state index in [1.165, 1.54) is 0 Å². The SMILES string of the molecule is CCOc1ccc(C(=O)NCC(=O)NCC2(c3ccccc3OC)CCCC2)cc1OCC. The molecule has 0 heterocycles. The zero-order chi connectivity index (χ0) is 23.7. The van der Waals surface area contributed by atoms with Crippen LogP contribution in [0.3, 0.4) is 0 Å².